The van der Waals surface area contributed by atoms with Gasteiger partial charge in [-0.1, -0.05) is 6.08 Å². The molecule has 0 radical (unpaired) electrons. The molecule has 0 aromatic heterocycles. The molecule has 0 atom stereocenters. The number of halogens is 1. The van der Waals surface area contributed by atoms with Crippen LogP contribution in [0.25, 0.3) is 0 Å². The van der Waals surface area contributed by atoms with Crippen LogP contribution in [0.4, 0.5) is 4.39 Å². The van der Waals surface area contributed by atoms with Crippen LogP contribution in [-0.4, -0.2) is 5.78 Å². The number of benzene rings is 2. The lowest BCUT2D eigenvalue weighted by atomic mass is 10.1. The second-order valence-corrected chi connectivity index (χ2v) is 3.94. The summed E-state index contributed by atoms with van der Waals surface area (Å²) in [4.78, 5) is 11.6. The second-order valence-electron chi connectivity index (χ2n) is 3.94. The highest BCUT2D eigenvalue weighted by atomic mass is 19.1. The van der Waals surface area contributed by atoms with Crippen molar-refractivity contribution >= 4 is 5.78 Å². The van der Waals surface area contributed by atoms with E-state index in [1.807, 2.05) is 0 Å². The van der Waals surface area contributed by atoms with Crippen LogP contribution in [0.3, 0.4) is 0 Å². The molecule has 2 rings (SSSR count). The van der Waals surface area contributed by atoms with Gasteiger partial charge in [-0.2, -0.15) is 0 Å². The lowest BCUT2D eigenvalue weighted by Gasteiger charge is -2.05. The first kappa shape index (κ1) is 13.0. The van der Waals surface area contributed by atoms with E-state index in [0.29, 0.717) is 17.1 Å². The molecule has 2 aromatic rings. The molecule has 0 aliphatic heterocycles. The lowest BCUT2D eigenvalue weighted by Crippen LogP contribution is -1.93. The van der Waals surface area contributed by atoms with Crippen molar-refractivity contribution in [1.82, 2.24) is 0 Å². The van der Waals surface area contributed by atoms with Crippen LogP contribution in [-0.2, 0) is 0 Å². The van der Waals surface area contributed by atoms with E-state index < -0.39 is 0 Å². The summed E-state index contributed by atoms with van der Waals surface area (Å²) in [6, 6.07) is 12.6. The summed E-state index contributed by atoms with van der Waals surface area (Å²) in [6.07, 6.45) is 3.21. The van der Waals surface area contributed by atoms with E-state index in [2.05, 4.69) is 0 Å². The number of hydrogen-bond donors (Lipinski definition) is 0. The Morgan fingerprint density at radius 1 is 1.00 bits per heavy atom. The number of carbonyl (C=O) groups is 1. The zero-order chi connectivity index (χ0) is 13.7. The highest BCUT2D eigenvalue weighted by Crippen LogP contribution is 2.22. The van der Waals surface area contributed by atoms with Gasteiger partial charge in [0.15, 0.2) is 5.78 Å². The topological polar surface area (TPSA) is 26.3 Å². The Morgan fingerprint density at radius 2 is 1.53 bits per heavy atom. The monoisotopic (exact) mass is 256 g/mol. The molecule has 0 bridgehead atoms. The molecule has 3 heteroatoms. The Balaban J connectivity index is 2.10. The maximum Gasteiger partial charge on any atom is 0.185 e. The normalized spacial score (nSPS) is 10.6. The third-order valence-corrected chi connectivity index (χ3v) is 2.51. The average molecular weight is 256 g/mol. The fraction of sp³-hybridized carbons (Fsp3) is 0.0625. The Labute approximate surface area is 111 Å². The summed E-state index contributed by atoms with van der Waals surface area (Å²) >= 11 is 0. The smallest absolute Gasteiger partial charge is 0.185 e. The van der Waals surface area contributed by atoms with Gasteiger partial charge in [-0.05, 0) is 61.5 Å². The summed E-state index contributed by atoms with van der Waals surface area (Å²) in [5.41, 5.74) is 0.601. The van der Waals surface area contributed by atoms with Crippen molar-refractivity contribution in [3.8, 4) is 11.5 Å². The SMILES string of the molecule is C/C=C/C(=O)c1ccc(Oc2ccc(F)cc2)cc1. The highest BCUT2D eigenvalue weighted by Gasteiger charge is 2.02. The molecule has 0 aliphatic carbocycles. The second kappa shape index (κ2) is 5.96. The molecule has 0 saturated heterocycles. The van der Waals surface area contributed by atoms with Crippen molar-refractivity contribution in [3.63, 3.8) is 0 Å². The Bertz CT molecular complexity index is 583. The fourth-order valence-corrected chi connectivity index (χ4v) is 1.57. The molecule has 0 saturated carbocycles. The first-order valence-corrected chi connectivity index (χ1v) is 5.89. The third-order valence-electron chi connectivity index (χ3n) is 2.51. The summed E-state index contributed by atoms with van der Waals surface area (Å²) in [5, 5.41) is 0. The van der Waals surface area contributed by atoms with Crippen LogP contribution in [0, 0.1) is 5.82 Å². The van der Waals surface area contributed by atoms with Crippen LogP contribution in [0.2, 0.25) is 0 Å². The van der Waals surface area contributed by atoms with E-state index >= 15 is 0 Å². The van der Waals surface area contributed by atoms with Crippen molar-refractivity contribution in [3.05, 3.63) is 72.1 Å². The van der Waals surface area contributed by atoms with Crippen molar-refractivity contribution in [2.75, 3.05) is 0 Å². The lowest BCUT2D eigenvalue weighted by molar-refractivity contribution is 0.104. The van der Waals surface area contributed by atoms with Gasteiger partial charge in [0.25, 0.3) is 0 Å². The zero-order valence-electron chi connectivity index (χ0n) is 10.5. The fourth-order valence-electron chi connectivity index (χ4n) is 1.57. The van der Waals surface area contributed by atoms with E-state index in [-0.39, 0.29) is 11.6 Å². The number of ether oxygens (including phenoxy) is 1. The van der Waals surface area contributed by atoms with Crippen molar-refractivity contribution in [1.29, 1.82) is 0 Å². The summed E-state index contributed by atoms with van der Waals surface area (Å²) < 4.78 is 18.3. The van der Waals surface area contributed by atoms with Gasteiger partial charge in [0.1, 0.15) is 17.3 Å². The minimum Gasteiger partial charge on any atom is -0.457 e. The quantitative estimate of drug-likeness (QED) is 0.599. The largest absolute Gasteiger partial charge is 0.457 e. The Morgan fingerprint density at radius 3 is 2.05 bits per heavy atom. The predicted octanol–water partition coefficient (Wildman–Crippen LogP) is 4.38. The third kappa shape index (κ3) is 3.52. The van der Waals surface area contributed by atoms with E-state index in [4.69, 9.17) is 4.74 Å². The van der Waals surface area contributed by atoms with Gasteiger partial charge in [0.2, 0.25) is 0 Å². The van der Waals surface area contributed by atoms with E-state index in [1.165, 1.54) is 18.2 Å². The molecule has 0 amide bonds. The molecule has 0 heterocycles. The van der Waals surface area contributed by atoms with Gasteiger partial charge in [0.05, 0.1) is 0 Å². The molecule has 0 fully saturated rings. The predicted molar refractivity (Wildman–Crippen MR) is 72.1 cm³/mol. The molecule has 0 aliphatic rings. The molecule has 2 nitrogen and oxygen atoms in total. The first-order valence-electron chi connectivity index (χ1n) is 5.89. The van der Waals surface area contributed by atoms with E-state index in [0.717, 1.165) is 0 Å². The van der Waals surface area contributed by atoms with Crippen LogP contribution in [0.5, 0.6) is 11.5 Å². The van der Waals surface area contributed by atoms with Gasteiger partial charge in [-0.15, -0.1) is 0 Å². The summed E-state index contributed by atoms with van der Waals surface area (Å²) in [5.74, 6) is 0.799. The number of allylic oxidation sites excluding steroid dienone is 2. The zero-order valence-corrected chi connectivity index (χ0v) is 10.5. The van der Waals surface area contributed by atoms with Gasteiger partial charge in [-0.3, -0.25) is 4.79 Å². The number of rotatable bonds is 4. The summed E-state index contributed by atoms with van der Waals surface area (Å²) in [6.45, 7) is 1.80. The molecular formula is C16H13FO2. The molecule has 0 spiro atoms. The molecule has 0 unspecified atom stereocenters. The minimum atomic E-state index is -0.306. The molecule has 2 aromatic carbocycles. The van der Waals surface area contributed by atoms with E-state index in [1.54, 1.807) is 49.4 Å². The summed E-state index contributed by atoms with van der Waals surface area (Å²) in [7, 11) is 0. The van der Waals surface area contributed by atoms with Crippen molar-refractivity contribution in [2.24, 2.45) is 0 Å². The Hall–Kier alpha value is -2.42. The van der Waals surface area contributed by atoms with Crippen LogP contribution >= 0.6 is 0 Å². The molecule has 19 heavy (non-hydrogen) atoms. The first-order chi connectivity index (χ1) is 9.19. The maximum atomic E-state index is 12.7. The van der Waals surface area contributed by atoms with Crippen molar-refractivity contribution in [2.45, 2.75) is 6.92 Å². The molecule has 0 N–H and O–H groups in total. The number of hydrogen-bond acceptors (Lipinski definition) is 2. The van der Waals surface area contributed by atoms with Crippen LogP contribution < -0.4 is 4.74 Å². The number of ketones is 1. The average Bonchev–Trinajstić information content (AvgIpc) is 2.42. The highest BCUT2D eigenvalue weighted by molar-refractivity contribution is 6.04. The minimum absolute atomic E-state index is 0.0455. The van der Waals surface area contributed by atoms with Crippen LogP contribution in [0.1, 0.15) is 17.3 Å². The Kier molecular flexibility index (Phi) is 4.08. The molecule has 96 valence electrons. The van der Waals surface area contributed by atoms with Gasteiger partial charge in [-0.25, -0.2) is 4.39 Å². The standard InChI is InChI=1S/C16H13FO2/c1-2-3-16(18)12-4-8-14(9-5-12)19-15-10-6-13(17)7-11-15/h2-11H,1H3/b3-2+. The molecular weight excluding hydrogens is 243 g/mol. The number of carbonyl (C=O) groups excluding carboxylic acids is 1. The van der Waals surface area contributed by atoms with Gasteiger partial charge in [0, 0.05) is 5.56 Å². The maximum absolute atomic E-state index is 12.7. The van der Waals surface area contributed by atoms with Gasteiger partial charge >= 0.3 is 0 Å². The van der Waals surface area contributed by atoms with Gasteiger partial charge < -0.3 is 4.74 Å². The van der Waals surface area contributed by atoms with Crippen LogP contribution in [0.15, 0.2) is 60.7 Å². The van der Waals surface area contributed by atoms with E-state index in [9.17, 15) is 9.18 Å². The van der Waals surface area contributed by atoms with Crippen molar-refractivity contribution < 1.29 is 13.9 Å².